The van der Waals surface area contributed by atoms with E-state index in [9.17, 15) is 14.3 Å². The maximum atomic E-state index is 13.6. The molecule has 0 bridgehead atoms. The minimum absolute atomic E-state index is 0.0970. The second-order valence-electron chi connectivity index (χ2n) is 5.53. The monoisotopic (exact) mass is 316 g/mol. The highest BCUT2D eigenvalue weighted by atomic mass is 19.1. The number of benzene rings is 1. The predicted octanol–water partition coefficient (Wildman–Crippen LogP) is 2.61. The van der Waals surface area contributed by atoms with E-state index in [4.69, 9.17) is 4.74 Å². The van der Waals surface area contributed by atoms with Crippen molar-refractivity contribution in [1.29, 1.82) is 0 Å². The van der Waals surface area contributed by atoms with E-state index < -0.39 is 5.41 Å². The summed E-state index contributed by atoms with van der Waals surface area (Å²) in [7, 11) is 0. The van der Waals surface area contributed by atoms with E-state index in [2.05, 4.69) is 10.3 Å². The summed E-state index contributed by atoms with van der Waals surface area (Å²) in [5.41, 5.74) is -0.293. The Morgan fingerprint density at radius 1 is 1.26 bits per heavy atom. The lowest BCUT2D eigenvalue weighted by Crippen LogP contribution is -2.45. The first kappa shape index (κ1) is 15.4. The highest BCUT2D eigenvalue weighted by molar-refractivity contribution is 5.99. The number of halogens is 1. The van der Waals surface area contributed by atoms with Gasteiger partial charge in [-0.1, -0.05) is 12.1 Å². The van der Waals surface area contributed by atoms with E-state index in [0.29, 0.717) is 31.6 Å². The Bertz CT molecular complexity index is 714. The number of carbonyl (C=O) groups is 1. The number of carbonyl (C=O) groups excluding carboxylic acids is 1. The van der Waals surface area contributed by atoms with Crippen molar-refractivity contribution in [1.82, 2.24) is 4.98 Å². The smallest absolute Gasteiger partial charge is 0.236 e. The Morgan fingerprint density at radius 3 is 2.74 bits per heavy atom. The zero-order valence-electron chi connectivity index (χ0n) is 12.5. The molecule has 5 nitrogen and oxygen atoms in total. The molecule has 0 unspecified atom stereocenters. The SMILES string of the molecule is O=C(Nc1ncccc1O)C1(c2cccc(F)c2)CCOCC1. The maximum Gasteiger partial charge on any atom is 0.236 e. The number of aromatic hydroxyl groups is 1. The lowest BCUT2D eigenvalue weighted by Gasteiger charge is -2.36. The fraction of sp³-hybridized carbons (Fsp3) is 0.294. The van der Waals surface area contributed by atoms with Gasteiger partial charge in [0.25, 0.3) is 0 Å². The van der Waals surface area contributed by atoms with E-state index in [1.54, 1.807) is 18.2 Å². The molecule has 0 atom stereocenters. The first-order valence-electron chi connectivity index (χ1n) is 7.41. The van der Waals surface area contributed by atoms with Crippen LogP contribution in [0, 0.1) is 5.82 Å². The van der Waals surface area contributed by atoms with Gasteiger partial charge in [0.1, 0.15) is 5.82 Å². The number of hydrogen-bond donors (Lipinski definition) is 2. The molecule has 1 amide bonds. The molecular formula is C17H17FN2O3. The minimum Gasteiger partial charge on any atom is -0.504 e. The first-order valence-corrected chi connectivity index (χ1v) is 7.41. The number of ether oxygens (including phenoxy) is 1. The van der Waals surface area contributed by atoms with Crippen molar-refractivity contribution in [2.24, 2.45) is 0 Å². The molecule has 23 heavy (non-hydrogen) atoms. The van der Waals surface area contributed by atoms with Crippen molar-refractivity contribution < 1.29 is 19.0 Å². The number of rotatable bonds is 3. The third-order valence-electron chi connectivity index (χ3n) is 4.18. The molecule has 6 heteroatoms. The molecule has 0 radical (unpaired) electrons. The van der Waals surface area contributed by atoms with Gasteiger partial charge in [0.05, 0.1) is 5.41 Å². The van der Waals surface area contributed by atoms with Gasteiger partial charge in [0.2, 0.25) is 5.91 Å². The highest BCUT2D eigenvalue weighted by Crippen LogP contribution is 2.37. The first-order chi connectivity index (χ1) is 11.1. The lowest BCUT2D eigenvalue weighted by atomic mass is 9.73. The van der Waals surface area contributed by atoms with Gasteiger partial charge in [-0.2, -0.15) is 0 Å². The van der Waals surface area contributed by atoms with Crippen molar-refractivity contribution in [3.8, 4) is 5.75 Å². The molecule has 1 aliphatic heterocycles. The van der Waals surface area contributed by atoms with E-state index in [0.717, 1.165) is 0 Å². The highest BCUT2D eigenvalue weighted by Gasteiger charge is 2.42. The molecule has 0 aliphatic carbocycles. The number of pyridine rings is 1. The average molecular weight is 316 g/mol. The Balaban J connectivity index is 1.96. The van der Waals surface area contributed by atoms with E-state index >= 15 is 0 Å². The van der Waals surface area contributed by atoms with Gasteiger partial charge in [-0.15, -0.1) is 0 Å². The van der Waals surface area contributed by atoms with Crippen LogP contribution in [-0.4, -0.2) is 29.2 Å². The van der Waals surface area contributed by atoms with E-state index in [1.807, 2.05) is 0 Å². The van der Waals surface area contributed by atoms with Gasteiger partial charge in [0.15, 0.2) is 11.6 Å². The lowest BCUT2D eigenvalue weighted by molar-refractivity contribution is -0.125. The number of nitrogens with zero attached hydrogens (tertiary/aromatic N) is 1. The second kappa shape index (κ2) is 6.34. The fourth-order valence-corrected chi connectivity index (χ4v) is 2.87. The summed E-state index contributed by atoms with van der Waals surface area (Å²) in [5.74, 6) is -0.718. The van der Waals surface area contributed by atoms with Crippen molar-refractivity contribution in [2.45, 2.75) is 18.3 Å². The molecule has 0 spiro atoms. The molecule has 1 fully saturated rings. The zero-order valence-corrected chi connectivity index (χ0v) is 12.5. The van der Waals surface area contributed by atoms with Crippen LogP contribution in [0.1, 0.15) is 18.4 Å². The fourth-order valence-electron chi connectivity index (χ4n) is 2.87. The second-order valence-corrected chi connectivity index (χ2v) is 5.53. The molecule has 1 aromatic carbocycles. The molecule has 3 rings (SSSR count). The largest absolute Gasteiger partial charge is 0.504 e. The molecule has 0 saturated carbocycles. The number of nitrogens with one attached hydrogen (secondary N) is 1. The predicted molar refractivity (Wildman–Crippen MR) is 82.7 cm³/mol. The van der Waals surface area contributed by atoms with Crippen LogP contribution < -0.4 is 5.32 Å². The van der Waals surface area contributed by atoms with Gasteiger partial charge in [0, 0.05) is 19.4 Å². The summed E-state index contributed by atoms with van der Waals surface area (Å²) in [4.78, 5) is 16.9. The Hall–Kier alpha value is -2.47. The summed E-state index contributed by atoms with van der Waals surface area (Å²) < 4.78 is 19.0. The summed E-state index contributed by atoms with van der Waals surface area (Å²) in [6.07, 6.45) is 2.36. The molecule has 2 heterocycles. The summed E-state index contributed by atoms with van der Waals surface area (Å²) in [6, 6.07) is 9.07. The van der Waals surface area contributed by atoms with Gasteiger partial charge in [-0.25, -0.2) is 9.37 Å². The molecule has 1 aromatic heterocycles. The average Bonchev–Trinajstić information content (AvgIpc) is 2.57. The zero-order chi connectivity index (χ0) is 16.3. The van der Waals surface area contributed by atoms with Crippen LogP contribution in [0.3, 0.4) is 0 Å². The van der Waals surface area contributed by atoms with E-state index in [-0.39, 0.29) is 23.3 Å². The molecular weight excluding hydrogens is 299 g/mol. The van der Waals surface area contributed by atoms with Crippen LogP contribution in [0.2, 0.25) is 0 Å². The van der Waals surface area contributed by atoms with Crippen LogP contribution in [0.15, 0.2) is 42.6 Å². The molecule has 1 aliphatic rings. The Morgan fingerprint density at radius 2 is 2.04 bits per heavy atom. The number of aromatic nitrogens is 1. The number of amides is 1. The van der Waals surface area contributed by atoms with Crippen LogP contribution in [0.25, 0.3) is 0 Å². The van der Waals surface area contributed by atoms with Gasteiger partial charge in [-0.3, -0.25) is 4.79 Å². The standard InChI is InChI=1S/C17H17FN2O3/c18-13-4-1-3-12(11-13)17(6-9-23-10-7-17)16(22)20-15-14(21)5-2-8-19-15/h1-5,8,11,21H,6-7,9-10H2,(H,19,20,22). The van der Waals surface area contributed by atoms with Crippen LogP contribution in [0.4, 0.5) is 10.2 Å². The molecule has 120 valence electrons. The Labute approximate surface area is 133 Å². The molecule has 1 saturated heterocycles. The third-order valence-corrected chi connectivity index (χ3v) is 4.18. The van der Waals surface area contributed by atoms with Crippen LogP contribution in [-0.2, 0) is 14.9 Å². The molecule has 2 aromatic rings. The topological polar surface area (TPSA) is 71.5 Å². The third kappa shape index (κ3) is 3.03. The van der Waals surface area contributed by atoms with Gasteiger partial charge >= 0.3 is 0 Å². The maximum absolute atomic E-state index is 13.6. The van der Waals surface area contributed by atoms with Crippen molar-refractivity contribution in [3.05, 3.63) is 54.0 Å². The minimum atomic E-state index is -0.899. The van der Waals surface area contributed by atoms with Crippen molar-refractivity contribution in [3.63, 3.8) is 0 Å². The number of hydrogen-bond acceptors (Lipinski definition) is 4. The van der Waals surface area contributed by atoms with Crippen LogP contribution in [0.5, 0.6) is 5.75 Å². The van der Waals surface area contributed by atoms with Crippen LogP contribution >= 0.6 is 0 Å². The summed E-state index contributed by atoms with van der Waals surface area (Å²) >= 11 is 0. The summed E-state index contributed by atoms with van der Waals surface area (Å²) in [6.45, 7) is 0.830. The Kier molecular flexibility index (Phi) is 4.25. The quantitative estimate of drug-likeness (QED) is 0.913. The number of anilines is 1. The van der Waals surface area contributed by atoms with Crippen molar-refractivity contribution in [2.75, 3.05) is 18.5 Å². The summed E-state index contributed by atoms with van der Waals surface area (Å²) in [5, 5.41) is 12.5. The van der Waals surface area contributed by atoms with Gasteiger partial charge < -0.3 is 15.2 Å². The normalized spacial score (nSPS) is 16.7. The van der Waals surface area contributed by atoms with Crippen molar-refractivity contribution >= 4 is 11.7 Å². The van der Waals surface area contributed by atoms with E-state index in [1.165, 1.54) is 24.4 Å². The van der Waals surface area contributed by atoms with Gasteiger partial charge in [-0.05, 0) is 42.7 Å². The molecule has 2 N–H and O–H groups in total.